The maximum Gasteiger partial charge on any atom is 0.161 e. The van der Waals surface area contributed by atoms with Crippen LogP contribution in [0.1, 0.15) is 30.6 Å². The first-order chi connectivity index (χ1) is 10.1. The van der Waals surface area contributed by atoms with Gasteiger partial charge in [-0.2, -0.15) is 5.10 Å². The molecule has 1 aromatic carbocycles. The maximum atomic E-state index is 14.1. The number of nitrogens with zero attached hydrogens (tertiary/aromatic N) is 2. The van der Waals surface area contributed by atoms with E-state index < -0.39 is 17.7 Å². The van der Waals surface area contributed by atoms with Crippen molar-refractivity contribution in [2.75, 3.05) is 14.2 Å². The molecular formula is C15H19F2N3O. The Balaban J connectivity index is 2.52. The van der Waals surface area contributed by atoms with E-state index in [0.717, 1.165) is 18.2 Å². The Kier molecular flexibility index (Phi) is 4.90. The molecule has 0 aliphatic rings. The Bertz CT molecular complexity index is 613. The molecular weight excluding hydrogens is 276 g/mol. The molecule has 1 unspecified atom stereocenters. The van der Waals surface area contributed by atoms with Crippen LogP contribution in [0.4, 0.5) is 8.78 Å². The van der Waals surface area contributed by atoms with Gasteiger partial charge in [-0.3, -0.25) is 4.68 Å². The quantitative estimate of drug-likeness (QED) is 0.890. The van der Waals surface area contributed by atoms with Gasteiger partial charge in [0.05, 0.1) is 19.3 Å². The second-order valence-electron chi connectivity index (χ2n) is 4.71. The summed E-state index contributed by atoms with van der Waals surface area (Å²) in [5, 5.41) is 7.32. The zero-order chi connectivity index (χ0) is 15.4. The number of aromatic nitrogens is 2. The summed E-state index contributed by atoms with van der Waals surface area (Å²) in [4.78, 5) is 0. The van der Waals surface area contributed by atoms with Gasteiger partial charge in [-0.05, 0) is 19.5 Å². The van der Waals surface area contributed by atoms with Gasteiger partial charge in [0.15, 0.2) is 5.75 Å². The average molecular weight is 295 g/mol. The number of aryl methyl sites for hydroxylation is 1. The van der Waals surface area contributed by atoms with Gasteiger partial charge in [-0.25, -0.2) is 8.78 Å². The Labute approximate surface area is 122 Å². The van der Waals surface area contributed by atoms with Crippen LogP contribution in [-0.4, -0.2) is 23.9 Å². The molecule has 0 aliphatic carbocycles. The van der Waals surface area contributed by atoms with E-state index in [1.807, 2.05) is 6.92 Å². The normalized spacial score (nSPS) is 12.4. The van der Waals surface area contributed by atoms with Gasteiger partial charge >= 0.3 is 0 Å². The van der Waals surface area contributed by atoms with E-state index in [1.54, 1.807) is 25.0 Å². The van der Waals surface area contributed by atoms with Crippen molar-refractivity contribution in [2.45, 2.75) is 25.9 Å². The van der Waals surface area contributed by atoms with Crippen LogP contribution in [0, 0.1) is 11.6 Å². The summed E-state index contributed by atoms with van der Waals surface area (Å²) in [5.74, 6) is -0.618. The van der Waals surface area contributed by atoms with Crippen LogP contribution in [0.2, 0.25) is 0 Å². The van der Waals surface area contributed by atoms with Crippen molar-refractivity contribution in [3.63, 3.8) is 0 Å². The number of nitrogens with one attached hydrogen (secondary N) is 1. The number of rotatable bonds is 6. The summed E-state index contributed by atoms with van der Waals surface area (Å²) in [6.07, 6.45) is 2.50. The van der Waals surface area contributed by atoms with Gasteiger partial charge in [0.1, 0.15) is 17.3 Å². The second kappa shape index (κ2) is 6.67. The molecule has 0 amide bonds. The lowest BCUT2D eigenvalue weighted by Gasteiger charge is -2.20. The highest BCUT2D eigenvalue weighted by Crippen LogP contribution is 2.31. The third-order valence-corrected chi connectivity index (χ3v) is 3.34. The number of hydrogen-bond donors (Lipinski definition) is 1. The summed E-state index contributed by atoms with van der Waals surface area (Å²) in [7, 11) is 3.26. The van der Waals surface area contributed by atoms with E-state index in [2.05, 4.69) is 10.4 Å². The van der Waals surface area contributed by atoms with Crippen molar-refractivity contribution in [2.24, 2.45) is 0 Å². The zero-order valence-corrected chi connectivity index (χ0v) is 12.4. The van der Waals surface area contributed by atoms with Gasteiger partial charge in [-0.15, -0.1) is 0 Å². The molecule has 6 heteroatoms. The van der Waals surface area contributed by atoms with Crippen LogP contribution in [-0.2, 0) is 6.54 Å². The second-order valence-corrected chi connectivity index (χ2v) is 4.71. The predicted molar refractivity (Wildman–Crippen MR) is 76.3 cm³/mol. The van der Waals surface area contributed by atoms with Crippen molar-refractivity contribution in [3.05, 3.63) is 47.3 Å². The molecule has 114 valence electrons. The Hall–Kier alpha value is -1.95. The molecule has 0 saturated carbocycles. The minimum atomic E-state index is -0.597. The summed E-state index contributed by atoms with van der Waals surface area (Å²) in [5.41, 5.74) is 1.09. The Morgan fingerprint density at radius 2 is 2.14 bits per heavy atom. The molecule has 2 aromatic rings. The third-order valence-electron chi connectivity index (χ3n) is 3.34. The fourth-order valence-corrected chi connectivity index (χ4v) is 2.39. The highest BCUT2D eigenvalue weighted by molar-refractivity contribution is 5.37. The number of ether oxygens (including phenoxy) is 1. The van der Waals surface area contributed by atoms with E-state index in [1.165, 1.54) is 12.1 Å². The van der Waals surface area contributed by atoms with E-state index in [4.69, 9.17) is 4.74 Å². The number of benzene rings is 1. The summed E-state index contributed by atoms with van der Waals surface area (Å²) < 4.78 is 34.3. The zero-order valence-electron chi connectivity index (χ0n) is 12.4. The first-order valence-electron chi connectivity index (χ1n) is 6.84. The average Bonchev–Trinajstić information content (AvgIpc) is 2.85. The van der Waals surface area contributed by atoms with E-state index in [0.29, 0.717) is 17.9 Å². The highest BCUT2D eigenvalue weighted by Gasteiger charge is 2.24. The van der Waals surface area contributed by atoms with Crippen molar-refractivity contribution in [1.29, 1.82) is 0 Å². The molecule has 0 fully saturated rings. The predicted octanol–water partition coefficient (Wildman–Crippen LogP) is 2.89. The minimum Gasteiger partial charge on any atom is -0.493 e. The lowest BCUT2D eigenvalue weighted by Crippen LogP contribution is -2.23. The van der Waals surface area contributed by atoms with Crippen LogP contribution >= 0.6 is 0 Å². The number of halogens is 2. The molecule has 1 heterocycles. The topological polar surface area (TPSA) is 39.1 Å². The summed E-state index contributed by atoms with van der Waals surface area (Å²) in [6.45, 7) is 2.73. The number of hydrogen-bond acceptors (Lipinski definition) is 3. The molecule has 1 aromatic heterocycles. The van der Waals surface area contributed by atoms with Crippen LogP contribution < -0.4 is 10.1 Å². The molecule has 1 N–H and O–H groups in total. The van der Waals surface area contributed by atoms with Crippen LogP contribution in [0.5, 0.6) is 5.75 Å². The largest absolute Gasteiger partial charge is 0.493 e. The third kappa shape index (κ3) is 3.05. The molecule has 0 radical (unpaired) electrons. The fourth-order valence-electron chi connectivity index (χ4n) is 2.39. The SMILES string of the molecule is CCCn1ncc(OC)c1C(NC)c1ccc(F)cc1F. The smallest absolute Gasteiger partial charge is 0.161 e. The van der Waals surface area contributed by atoms with Gasteiger partial charge < -0.3 is 10.1 Å². The lowest BCUT2D eigenvalue weighted by atomic mass is 10.0. The maximum absolute atomic E-state index is 14.1. The van der Waals surface area contributed by atoms with Crippen LogP contribution in [0.25, 0.3) is 0 Å². The Morgan fingerprint density at radius 1 is 1.38 bits per heavy atom. The highest BCUT2D eigenvalue weighted by atomic mass is 19.1. The van der Waals surface area contributed by atoms with E-state index in [-0.39, 0.29) is 0 Å². The van der Waals surface area contributed by atoms with Gasteiger partial charge in [0.2, 0.25) is 0 Å². The van der Waals surface area contributed by atoms with Gasteiger partial charge in [0, 0.05) is 18.2 Å². The van der Waals surface area contributed by atoms with Gasteiger partial charge in [0.25, 0.3) is 0 Å². The summed E-state index contributed by atoms with van der Waals surface area (Å²) >= 11 is 0. The first-order valence-corrected chi connectivity index (χ1v) is 6.84. The van der Waals surface area contributed by atoms with Gasteiger partial charge in [-0.1, -0.05) is 13.0 Å². The first kappa shape index (κ1) is 15.4. The molecule has 0 saturated heterocycles. The molecule has 1 atom stereocenters. The standard InChI is InChI=1S/C15H19F2N3O/c1-4-7-20-15(13(21-3)9-19-20)14(18-2)11-6-5-10(16)8-12(11)17/h5-6,8-9,14,18H,4,7H2,1-3H3. The molecule has 4 nitrogen and oxygen atoms in total. The van der Waals surface area contributed by atoms with E-state index in [9.17, 15) is 8.78 Å². The molecule has 0 aliphatic heterocycles. The van der Waals surface area contributed by atoms with Crippen molar-refractivity contribution < 1.29 is 13.5 Å². The van der Waals surface area contributed by atoms with Crippen molar-refractivity contribution in [1.82, 2.24) is 15.1 Å². The lowest BCUT2D eigenvalue weighted by molar-refractivity contribution is 0.398. The minimum absolute atomic E-state index is 0.357. The number of methoxy groups -OCH3 is 1. The fraction of sp³-hybridized carbons (Fsp3) is 0.400. The van der Waals surface area contributed by atoms with E-state index >= 15 is 0 Å². The molecule has 21 heavy (non-hydrogen) atoms. The van der Waals surface area contributed by atoms with Crippen LogP contribution in [0.3, 0.4) is 0 Å². The molecule has 0 bridgehead atoms. The summed E-state index contributed by atoms with van der Waals surface area (Å²) in [6, 6.07) is 3.10. The van der Waals surface area contributed by atoms with Crippen LogP contribution in [0.15, 0.2) is 24.4 Å². The Morgan fingerprint density at radius 3 is 2.71 bits per heavy atom. The molecule has 0 spiro atoms. The molecule has 2 rings (SSSR count). The van der Waals surface area contributed by atoms with Crippen molar-refractivity contribution in [3.8, 4) is 5.75 Å². The monoisotopic (exact) mass is 295 g/mol. The van der Waals surface area contributed by atoms with Crippen molar-refractivity contribution >= 4 is 0 Å².